The highest BCUT2D eigenvalue weighted by Gasteiger charge is 2.12. The molecule has 1 aliphatic heterocycles. The van der Waals surface area contributed by atoms with E-state index in [0.717, 1.165) is 50.8 Å². The van der Waals surface area contributed by atoms with Crippen molar-refractivity contribution in [1.82, 2.24) is 20.0 Å². The van der Waals surface area contributed by atoms with E-state index in [0.29, 0.717) is 0 Å². The van der Waals surface area contributed by atoms with Crippen molar-refractivity contribution in [1.29, 1.82) is 0 Å². The van der Waals surface area contributed by atoms with Crippen LogP contribution in [0.3, 0.4) is 0 Å². The van der Waals surface area contributed by atoms with Gasteiger partial charge in [0.05, 0.1) is 6.20 Å². The molecule has 2 heterocycles. The molecule has 0 unspecified atom stereocenters. The van der Waals surface area contributed by atoms with Crippen molar-refractivity contribution < 1.29 is 0 Å². The fraction of sp³-hybridized carbons (Fsp3) is 0.727. The lowest BCUT2D eigenvalue weighted by Crippen LogP contribution is -2.44. The van der Waals surface area contributed by atoms with Crippen LogP contribution < -0.4 is 5.32 Å². The van der Waals surface area contributed by atoms with Crippen molar-refractivity contribution in [2.45, 2.75) is 19.9 Å². The number of aromatic nitrogens is 2. The molecule has 4 nitrogen and oxygen atoms in total. The Bertz CT molecular complexity index is 331. The molecular weight excluding hydrogens is 224 g/mol. The summed E-state index contributed by atoms with van der Waals surface area (Å²) in [7, 11) is 0. The van der Waals surface area contributed by atoms with Crippen molar-refractivity contribution >= 4 is 11.6 Å². The van der Waals surface area contributed by atoms with Crippen LogP contribution in [-0.4, -0.2) is 47.4 Å². The van der Waals surface area contributed by atoms with E-state index >= 15 is 0 Å². The zero-order valence-corrected chi connectivity index (χ0v) is 10.5. The van der Waals surface area contributed by atoms with Gasteiger partial charge in [0.2, 0.25) is 0 Å². The Morgan fingerprint density at radius 1 is 1.44 bits per heavy atom. The van der Waals surface area contributed by atoms with Crippen molar-refractivity contribution in [2.24, 2.45) is 0 Å². The first-order valence-electron chi connectivity index (χ1n) is 5.94. The summed E-state index contributed by atoms with van der Waals surface area (Å²) >= 11 is 6.21. The zero-order chi connectivity index (χ0) is 11.4. The Morgan fingerprint density at radius 3 is 2.81 bits per heavy atom. The maximum Gasteiger partial charge on any atom is 0.130 e. The summed E-state index contributed by atoms with van der Waals surface area (Å²) in [5.41, 5.74) is 1.17. The minimum atomic E-state index is 0.803. The molecule has 0 atom stereocenters. The van der Waals surface area contributed by atoms with Crippen LogP contribution in [0.15, 0.2) is 6.20 Å². The molecule has 2 rings (SSSR count). The fourth-order valence-corrected chi connectivity index (χ4v) is 2.32. The second kappa shape index (κ2) is 5.66. The molecule has 0 saturated carbocycles. The summed E-state index contributed by atoms with van der Waals surface area (Å²) in [5.74, 6) is 0. The maximum absolute atomic E-state index is 6.21. The number of hydrogen-bond donors (Lipinski definition) is 1. The van der Waals surface area contributed by atoms with Gasteiger partial charge in [-0.05, 0) is 13.3 Å². The van der Waals surface area contributed by atoms with Gasteiger partial charge in [-0.3, -0.25) is 4.68 Å². The van der Waals surface area contributed by atoms with Gasteiger partial charge in [0.1, 0.15) is 5.15 Å². The van der Waals surface area contributed by atoms with Gasteiger partial charge in [-0.2, -0.15) is 5.10 Å². The van der Waals surface area contributed by atoms with Gasteiger partial charge in [0, 0.05) is 44.8 Å². The van der Waals surface area contributed by atoms with Crippen LogP contribution in [0.1, 0.15) is 12.5 Å². The first-order chi connectivity index (χ1) is 7.81. The SMILES string of the molecule is CCn1ncc(CCN2CCNCC2)c1Cl. The van der Waals surface area contributed by atoms with E-state index in [1.807, 2.05) is 10.9 Å². The van der Waals surface area contributed by atoms with Crippen molar-refractivity contribution in [2.75, 3.05) is 32.7 Å². The molecule has 1 fully saturated rings. The second-order valence-corrected chi connectivity index (χ2v) is 4.48. The molecule has 1 aromatic heterocycles. The monoisotopic (exact) mass is 242 g/mol. The first-order valence-corrected chi connectivity index (χ1v) is 6.32. The van der Waals surface area contributed by atoms with Gasteiger partial charge in [0.15, 0.2) is 0 Å². The Labute approximate surface area is 102 Å². The predicted octanol–water partition coefficient (Wildman–Crippen LogP) is 1.00. The molecule has 1 aromatic rings. The molecule has 90 valence electrons. The lowest BCUT2D eigenvalue weighted by Gasteiger charge is -2.26. The van der Waals surface area contributed by atoms with E-state index in [-0.39, 0.29) is 0 Å². The third kappa shape index (κ3) is 2.75. The van der Waals surface area contributed by atoms with Crippen molar-refractivity contribution in [3.8, 4) is 0 Å². The van der Waals surface area contributed by atoms with Crippen LogP contribution in [0.25, 0.3) is 0 Å². The van der Waals surface area contributed by atoms with Crippen molar-refractivity contribution in [3.63, 3.8) is 0 Å². The molecule has 0 bridgehead atoms. The number of aryl methyl sites for hydroxylation is 1. The normalized spacial score (nSPS) is 17.9. The van der Waals surface area contributed by atoms with Crippen LogP contribution in [0.5, 0.6) is 0 Å². The smallest absolute Gasteiger partial charge is 0.130 e. The molecule has 0 aromatic carbocycles. The molecule has 0 aliphatic carbocycles. The molecule has 1 aliphatic rings. The number of piperazine rings is 1. The Hall–Kier alpha value is -0.580. The van der Waals surface area contributed by atoms with Crippen LogP contribution >= 0.6 is 11.6 Å². The minimum Gasteiger partial charge on any atom is -0.314 e. The van der Waals surface area contributed by atoms with Crippen LogP contribution in [-0.2, 0) is 13.0 Å². The van der Waals surface area contributed by atoms with Gasteiger partial charge in [-0.25, -0.2) is 0 Å². The average molecular weight is 243 g/mol. The minimum absolute atomic E-state index is 0.803. The Balaban J connectivity index is 1.86. The summed E-state index contributed by atoms with van der Waals surface area (Å²) in [6.45, 7) is 8.45. The molecule has 1 saturated heterocycles. The number of rotatable bonds is 4. The Kier molecular flexibility index (Phi) is 4.21. The van der Waals surface area contributed by atoms with Crippen LogP contribution in [0.2, 0.25) is 5.15 Å². The highest BCUT2D eigenvalue weighted by atomic mass is 35.5. The molecule has 0 spiro atoms. The topological polar surface area (TPSA) is 33.1 Å². The highest BCUT2D eigenvalue weighted by Crippen LogP contribution is 2.16. The first kappa shape index (κ1) is 11.9. The van der Waals surface area contributed by atoms with E-state index in [9.17, 15) is 0 Å². The van der Waals surface area contributed by atoms with Crippen LogP contribution in [0.4, 0.5) is 0 Å². The summed E-state index contributed by atoms with van der Waals surface area (Å²) in [5, 5.41) is 8.41. The van der Waals surface area contributed by atoms with E-state index in [1.54, 1.807) is 0 Å². The second-order valence-electron chi connectivity index (χ2n) is 4.12. The lowest BCUT2D eigenvalue weighted by molar-refractivity contribution is 0.244. The summed E-state index contributed by atoms with van der Waals surface area (Å²) in [6, 6.07) is 0. The number of hydrogen-bond acceptors (Lipinski definition) is 3. The lowest BCUT2D eigenvalue weighted by atomic mass is 10.2. The van der Waals surface area contributed by atoms with E-state index in [4.69, 9.17) is 11.6 Å². The predicted molar refractivity (Wildman–Crippen MR) is 65.9 cm³/mol. The van der Waals surface area contributed by atoms with Crippen molar-refractivity contribution in [3.05, 3.63) is 16.9 Å². The summed E-state index contributed by atoms with van der Waals surface area (Å²) in [6.07, 6.45) is 2.90. The van der Waals surface area contributed by atoms with Gasteiger partial charge in [-0.15, -0.1) is 0 Å². The van der Waals surface area contributed by atoms with Gasteiger partial charge < -0.3 is 10.2 Å². The van der Waals surface area contributed by atoms with Gasteiger partial charge in [0.25, 0.3) is 0 Å². The third-order valence-corrected chi connectivity index (χ3v) is 3.49. The van der Waals surface area contributed by atoms with E-state index in [1.165, 1.54) is 5.56 Å². The number of nitrogens with zero attached hydrogens (tertiary/aromatic N) is 3. The maximum atomic E-state index is 6.21. The summed E-state index contributed by atoms with van der Waals surface area (Å²) in [4.78, 5) is 2.47. The average Bonchev–Trinajstić information content (AvgIpc) is 2.69. The molecule has 16 heavy (non-hydrogen) atoms. The highest BCUT2D eigenvalue weighted by molar-refractivity contribution is 6.30. The standard InChI is InChI=1S/C11H19ClN4/c1-2-16-11(12)10(9-14-16)3-6-15-7-4-13-5-8-15/h9,13H,2-8H2,1H3. The van der Waals surface area contributed by atoms with E-state index < -0.39 is 0 Å². The molecule has 0 amide bonds. The molecule has 5 heteroatoms. The molecular formula is C11H19ClN4. The Morgan fingerprint density at radius 2 is 2.19 bits per heavy atom. The van der Waals surface area contributed by atoms with Gasteiger partial charge in [-0.1, -0.05) is 11.6 Å². The molecule has 0 radical (unpaired) electrons. The quantitative estimate of drug-likeness (QED) is 0.856. The number of nitrogens with one attached hydrogen (secondary N) is 1. The van der Waals surface area contributed by atoms with Gasteiger partial charge >= 0.3 is 0 Å². The van der Waals surface area contributed by atoms with Crippen LogP contribution in [0, 0.1) is 0 Å². The fourth-order valence-electron chi connectivity index (χ4n) is 2.01. The van der Waals surface area contributed by atoms with E-state index in [2.05, 4.69) is 22.2 Å². The largest absolute Gasteiger partial charge is 0.314 e. The third-order valence-electron chi connectivity index (χ3n) is 3.05. The zero-order valence-electron chi connectivity index (χ0n) is 9.75. The number of halogens is 1. The molecule has 1 N–H and O–H groups in total. The summed E-state index contributed by atoms with van der Waals surface area (Å²) < 4.78 is 1.84.